The summed E-state index contributed by atoms with van der Waals surface area (Å²) in [6, 6.07) is 4.27. The third-order valence-corrected chi connectivity index (χ3v) is 4.93. The van der Waals surface area contributed by atoms with E-state index < -0.39 is 28.0 Å². The predicted octanol–water partition coefficient (Wildman–Crippen LogP) is 0.957. The summed E-state index contributed by atoms with van der Waals surface area (Å²) in [6.07, 6.45) is 0. The van der Waals surface area contributed by atoms with Gasteiger partial charge >= 0.3 is 11.9 Å². The fourth-order valence-electron chi connectivity index (χ4n) is 1.59. The molecule has 1 aromatic carbocycles. The first kappa shape index (κ1) is 17.1. The van der Waals surface area contributed by atoms with E-state index in [-0.39, 0.29) is 17.1 Å². The molecule has 0 aliphatic carbocycles. The molecule has 0 bridgehead atoms. The lowest BCUT2D eigenvalue weighted by Gasteiger charge is -2.22. The molecule has 0 saturated heterocycles. The Hall–Kier alpha value is -1.93. The second-order valence-corrected chi connectivity index (χ2v) is 6.22. The second-order valence-electron chi connectivity index (χ2n) is 4.25. The molecule has 1 unspecified atom stereocenters. The van der Waals surface area contributed by atoms with E-state index in [9.17, 15) is 18.0 Å². The zero-order valence-electron chi connectivity index (χ0n) is 11.9. The van der Waals surface area contributed by atoms with E-state index in [1.807, 2.05) is 0 Å². The summed E-state index contributed by atoms with van der Waals surface area (Å²) in [7, 11) is -2.98. The maximum Gasteiger partial charge on any atom is 0.339 e. The van der Waals surface area contributed by atoms with E-state index in [1.54, 1.807) is 6.92 Å². The summed E-state index contributed by atoms with van der Waals surface area (Å²) in [5.74, 6) is -2.05. The summed E-state index contributed by atoms with van der Waals surface area (Å²) in [5, 5.41) is 8.93. The van der Waals surface area contributed by atoms with Gasteiger partial charge in [0.1, 0.15) is 6.04 Å². The highest BCUT2D eigenvalue weighted by molar-refractivity contribution is 7.89. The minimum atomic E-state index is -4.13. The molecule has 1 atom stereocenters. The van der Waals surface area contributed by atoms with Crippen LogP contribution in [0.4, 0.5) is 0 Å². The Morgan fingerprint density at radius 2 is 1.90 bits per heavy atom. The number of nitrogens with zero attached hydrogens (tertiary/aromatic N) is 1. The molecule has 0 spiro atoms. The topological polar surface area (TPSA) is 101 Å². The van der Waals surface area contributed by atoms with Gasteiger partial charge < -0.3 is 9.84 Å². The van der Waals surface area contributed by atoms with Crippen molar-refractivity contribution in [3.8, 4) is 0 Å². The zero-order valence-corrected chi connectivity index (χ0v) is 12.8. The average molecular weight is 315 g/mol. The Morgan fingerprint density at radius 3 is 2.43 bits per heavy atom. The molecule has 116 valence electrons. The Morgan fingerprint density at radius 1 is 1.33 bits per heavy atom. The number of carbonyl (C=O) groups excluding carboxylic acids is 1. The van der Waals surface area contributed by atoms with Crippen molar-refractivity contribution >= 4 is 22.0 Å². The number of aliphatic carboxylic acids is 1. The van der Waals surface area contributed by atoms with Crippen LogP contribution in [0.3, 0.4) is 0 Å². The Balaban J connectivity index is 3.33. The van der Waals surface area contributed by atoms with E-state index in [4.69, 9.17) is 9.84 Å². The lowest BCUT2D eigenvalue weighted by Crippen LogP contribution is -2.40. The summed E-state index contributed by atoms with van der Waals surface area (Å²) in [5.41, 5.74) is -0.121. The first-order chi connectivity index (χ1) is 9.73. The van der Waals surface area contributed by atoms with Crippen LogP contribution in [0.25, 0.3) is 0 Å². The molecule has 0 heterocycles. The van der Waals surface area contributed by atoms with Crippen molar-refractivity contribution < 1.29 is 27.9 Å². The lowest BCUT2D eigenvalue weighted by atomic mass is 10.2. The molecule has 0 radical (unpaired) electrons. The van der Waals surface area contributed by atoms with Gasteiger partial charge in [-0.15, -0.1) is 0 Å². The minimum absolute atomic E-state index is 0.106. The normalized spacial score (nSPS) is 13.0. The molecule has 0 fully saturated rings. The number of carbonyl (C=O) groups is 2. The number of rotatable bonds is 6. The molecule has 8 heteroatoms. The number of hydrogen-bond donors (Lipinski definition) is 1. The molecule has 0 aliphatic heterocycles. The summed E-state index contributed by atoms with van der Waals surface area (Å²) in [6.45, 7) is 2.95. The monoisotopic (exact) mass is 315 g/mol. The second kappa shape index (κ2) is 6.68. The fraction of sp³-hybridized carbons (Fsp3) is 0.385. The van der Waals surface area contributed by atoms with Crippen LogP contribution >= 0.6 is 0 Å². The van der Waals surface area contributed by atoms with Crippen molar-refractivity contribution in [1.29, 1.82) is 0 Å². The Labute approximate surface area is 123 Å². The molecular weight excluding hydrogens is 298 g/mol. The van der Waals surface area contributed by atoms with Gasteiger partial charge in [-0.2, -0.15) is 4.31 Å². The first-order valence-electron chi connectivity index (χ1n) is 6.20. The van der Waals surface area contributed by atoms with Crippen LogP contribution in [0.15, 0.2) is 29.2 Å². The molecule has 1 rings (SSSR count). The number of ether oxygens (including phenoxy) is 1. The van der Waals surface area contributed by atoms with Crippen molar-refractivity contribution in [2.24, 2.45) is 0 Å². The number of sulfonamides is 1. The molecule has 1 N–H and O–H groups in total. The van der Waals surface area contributed by atoms with Crippen LogP contribution in [0.1, 0.15) is 24.2 Å². The molecule has 0 saturated carbocycles. The number of carboxylic acids is 1. The molecule has 0 amide bonds. The molecular formula is C13H17NO6S. The van der Waals surface area contributed by atoms with E-state index >= 15 is 0 Å². The highest BCUT2D eigenvalue weighted by atomic mass is 32.2. The zero-order chi connectivity index (χ0) is 16.2. The summed E-state index contributed by atoms with van der Waals surface area (Å²) in [4.78, 5) is 22.5. The van der Waals surface area contributed by atoms with Gasteiger partial charge in [-0.25, -0.2) is 13.2 Å². The van der Waals surface area contributed by atoms with Crippen LogP contribution in [0.2, 0.25) is 0 Å². The third kappa shape index (κ3) is 3.59. The van der Waals surface area contributed by atoms with Crippen molar-refractivity contribution in [2.45, 2.75) is 24.8 Å². The maximum absolute atomic E-state index is 12.5. The largest absolute Gasteiger partial charge is 0.480 e. The van der Waals surface area contributed by atoms with Crippen molar-refractivity contribution in [1.82, 2.24) is 4.31 Å². The number of benzene rings is 1. The van der Waals surface area contributed by atoms with Gasteiger partial charge in [-0.05, 0) is 26.0 Å². The van der Waals surface area contributed by atoms with Crippen LogP contribution in [0.5, 0.6) is 0 Å². The maximum atomic E-state index is 12.5. The van der Waals surface area contributed by atoms with Gasteiger partial charge in [0.15, 0.2) is 0 Å². The van der Waals surface area contributed by atoms with Gasteiger partial charge in [0.05, 0.1) is 17.1 Å². The predicted molar refractivity (Wildman–Crippen MR) is 74.4 cm³/mol. The Kier molecular flexibility index (Phi) is 5.45. The van der Waals surface area contributed by atoms with Gasteiger partial charge in [-0.1, -0.05) is 12.1 Å². The van der Waals surface area contributed by atoms with Crippen LogP contribution < -0.4 is 0 Å². The fourth-order valence-corrected chi connectivity index (χ4v) is 3.08. The summed E-state index contributed by atoms with van der Waals surface area (Å²) < 4.78 is 30.4. The highest BCUT2D eigenvalue weighted by Crippen LogP contribution is 2.21. The van der Waals surface area contributed by atoms with Gasteiger partial charge in [-0.3, -0.25) is 4.79 Å². The smallest absolute Gasteiger partial charge is 0.339 e. The first-order valence-corrected chi connectivity index (χ1v) is 7.64. The molecule has 7 nitrogen and oxygen atoms in total. The van der Waals surface area contributed by atoms with Crippen molar-refractivity contribution in [3.05, 3.63) is 29.8 Å². The average Bonchev–Trinajstić information content (AvgIpc) is 2.45. The molecule has 21 heavy (non-hydrogen) atoms. The van der Waals surface area contributed by atoms with Gasteiger partial charge in [0.2, 0.25) is 10.0 Å². The Bertz CT molecular complexity index is 640. The molecule has 0 aliphatic rings. The van der Waals surface area contributed by atoms with Gasteiger partial charge in [0.25, 0.3) is 0 Å². The standard InChI is InChI=1S/C13H17NO6S/c1-4-20-13(17)10-7-5-6-8-11(10)21(18,19)14(3)9(2)12(15)16/h5-9H,4H2,1-3H3,(H,15,16). The van der Waals surface area contributed by atoms with E-state index in [0.29, 0.717) is 4.31 Å². The SMILES string of the molecule is CCOC(=O)c1ccccc1S(=O)(=O)N(C)C(C)C(=O)O. The number of hydrogen-bond acceptors (Lipinski definition) is 5. The van der Waals surface area contributed by atoms with E-state index in [1.165, 1.54) is 31.2 Å². The van der Waals surface area contributed by atoms with Crippen LogP contribution in [-0.2, 0) is 19.6 Å². The van der Waals surface area contributed by atoms with Gasteiger partial charge in [0, 0.05) is 7.05 Å². The highest BCUT2D eigenvalue weighted by Gasteiger charge is 2.32. The van der Waals surface area contributed by atoms with Crippen LogP contribution in [-0.4, -0.2) is 49.5 Å². The van der Waals surface area contributed by atoms with E-state index in [2.05, 4.69) is 0 Å². The molecule has 1 aromatic rings. The third-order valence-electron chi connectivity index (χ3n) is 2.94. The quantitative estimate of drug-likeness (QED) is 0.785. The van der Waals surface area contributed by atoms with Crippen molar-refractivity contribution in [3.63, 3.8) is 0 Å². The lowest BCUT2D eigenvalue weighted by molar-refractivity contribution is -0.140. The van der Waals surface area contributed by atoms with E-state index in [0.717, 1.165) is 7.05 Å². The number of esters is 1. The van der Waals surface area contributed by atoms with Crippen molar-refractivity contribution in [2.75, 3.05) is 13.7 Å². The molecule has 0 aromatic heterocycles. The minimum Gasteiger partial charge on any atom is -0.480 e. The van der Waals surface area contributed by atoms with Crippen LogP contribution in [0, 0.1) is 0 Å². The number of carboxylic acid groups (broad SMARTS) is 1. The number of likely N-dealkylation sites (N-methyl/N-ethyl adjacent to an activating group) is 1. The summed E-state index contributed by atoms with van der Waals surface area (Å²) >= 11 is 0.